The minimum Gasteiger partial charge on any atom is -0.319 e. The molecule has 0 aliphatic carbocycles. The fraction of sp³-hybridized carbons (Fsp3) is 0.500. The van der Waals surface area contributed by atoms with Gasteiger partial charge in [-0.2, -0.15) is 0 Å². The molecular formula is C12H18ClNS. The maximum absolute atomic E-state index is 6.21. The SMILES string of the molecule is CCSc1ccc(C(C)CNC)cc1Cl. The average molecular weight is 244 g/mol. The first-order valence-electron chi connectivity index (χ1n) is 5.25. The number of thioether (sulfide) groups is 1. The highest BCUT2D eigenvalue weighted by Crippen LogP contribution is 2.29. The molecule has 1 rings (SSSR count). The Balaban J connectivity index is 2.81. The van der Waals surface area contributed by atoms with E-state index in [4.69, 9.17) is 11.6 Å². The number of hydrogen-bond acceptors (Lipinski definition) is 2. The lowest BCUT2D eigenvalue weighted by Crippen LogP contribution is -2.14. The summed E-state index contributed by atoms with van der Waals surface area (Å²) in [5.74, 6) is 1.57. The molecule has 0 bridgehead atoms. The number of nitrogens with one attached hydrogen (secondary N) is 1. The summed E-state index contributed by atoms with van der Waals surface area (Å²) < 4.78 is 0. The molecule has 1 aromatic rings. The fourth-order valence-corrected chi connectivity index (χ4v) is 2.54. The molecule has 0 fully saturated rings. The van der Waals surface area contributed by atoms with Crippen LogP contribution in [-0.4, -0.2) is 19.3 Å². The molecule has 1 unspecified atom stereocenters. The fourth-order valence-electron chi connectivity index (χ4n) is 1.52. The predicted molar refractivity (Wildman–Crippen MR) is 70.2 cm³/mol. The van der Waals surface area contributed by atoms with Crippen LogP contribution in [-0.2, 0) is 0 Å². The number of hydrogen-bond donors (Lipinski definition) is 1. The second kappa shape index (κ2) is 6.41. The van der Waals surface area contributed by atoms with Crippen LogP contribution in [0.3, 0.4) is 0 Å². The minimum absolute atomic E-state index is 0.508. The van der Waals surface area contributed by atoms with Gasteiger partial charge in [0.15, 0.2) is 0 Å². The molecule has 15 heavy (non-hydrogen) atoms. The van der Waals surface area contributed by atoms with E-state index in [2.05, 4.69) is 37.4 Å². The summed E-state index contributed by atoms with van der Waals surface area (Å²) >= 11 is 8.00. The van der Waals surface area contributed by atoms with Gasteiger partial charge in [0.25, 0.3) is 0 Å². The number of likely N-dealkylation sites (N-methyl/N-ethyl adjacent to an activating group) is 1. The molecule has 0 amide bonds. The van der Waals surface area contributed by atoms with E-state index in [0.29, 0.717) is 5.92 Å². The van der Waals surface area contributed by atoms with Crippen LogP contribution in [0.15, 0.2) is 23.1 Å². The summed E-state index contributed by atoms with van der Waals surface area (Å²) in [6.45, 7) is 5.32. The largest absolute Gasteiger partial charge is 0.319 e. The van der Waals surface area contributed by atoms with Gasteiger partial charge in [-0.15, -0.1) is 11.8 Å². The van der Waals surface area contributed by atoms with Crippen molar-refractivity contribution in [2.24, 2.45) is 0 Å². The Morgan fingerprint density at radius 3 is 2.73 bits per heavy atom. The first-order chi connectivity index (χ1) is 7.19. The molecule has 0 aliphatic heterocycles. The van der Waals surface area contributed by atoms with Crippen molar-refractivity contribution in [1.29, 1.82) is 0 Å². The third-order valence-corrected chi connectivity index (χ3v) is 3.72. The van der Waals surface area contributed by atoms with Crippen LogP contribution in [0, 0.1) is 0 Å². The van der Waals surface area contributed by atoms with Crippen molar-refractivity contribution in [3.05, 3.63) is 28.8 Å². The Morgan fingerprint density at radius 1 is 1.47 bits per heavy atom. The standard InChI is InChI=1S/C12H18ClNS/c1-4-15-12-6-5-10(7-11(12)13)9(2)8-14-3/h5-7,9,14H,4,8H2,1-3H3. The molecule has 3 heteroatoms. The summed E-state index contributed by atoms with van der Waals surface area (Å²) in [6, 6.07) is 6.38. The normalized spacial score (nSPS) is 12.8. The third kappa shape index (κ3) is 3.71. The van der Waals surface area contributed by atoms with Gasteiger partial charge < -0.3 is 5.32 Å². The Hall–Kier alpha value is -0.180. The van der Waals surface area contributed by atoms with Crippen LogP contribution in [0.1, 0.15) is 25.3 Å². The maximum atomic E-state index is 6.21. The number of benzene rings is 1. The van der Waals surface area contributed by atoms with E-state index in [1.807, 2.05) is 7.05 Å². The topological polar surface area (TPSA) is 12.0 Å². The zero-order valence-electron chi connectivity index (χ0n) is 9.51. The molecule has 0 aliphatic rings. The van der Waals surface area contributed by atoms with Crippen LogP contribution < -0.4 is 5.32 Å². The van der Waals surface area contributed by atoms with Crippen LogP contribution in [0.2, 0.25) is 5.02 Å². The molecule has 1 N–H and O–H groups in total. The van der Waals surface area contributed by atoms with Gasteiger partial charge in [0.1, 0.15) is 0 Å². The summed E-state index contributed by atoms with van der Waals surface area (Å²) in [5, 5.41) is 4.05. The smallest absolute Gasteiger partial charge is 0.0544 e. The van der Waals surface area contributed by atoms with Crippen molar-refractivity contribution in [2.75, 3.05) is 19.3 Å². The molecule has 0 aromatic heterocycles. The van der Waals surface area contributed by atoms with E-state index >= 15 is 0 Å². The average Bonchev–Trinajstić information content (AvgIpc) is 2.21. The molecule has 0 saturated heterocycles. The van der Waals surface area contributed by atoms with Gasteiger partial charge >= 0.3 is 0 Å². The van der Waals surface area contributed by atoms with Gasteiger partial charge in [-0.1, -0.05) is 31.5 Å². The third-order valence-electron chi connectivity index (χ3n) is 2.34. The van der Waals surface area contributed by atoms with E-state index in [0.717, 1.165) is 17.3 Å². The van der Waals surface area contributed by atoms with Crippen molar-refractivity contribution >= 4 is 23.4 Å². The van der Waals surface area contributed by atoms with E-state index in [9.17, 15) is 0 Å². The van der Waals surface area contributed by atoms with Gasteiger partial charge in [0, 0.05) is 11.4 Å². The number of rotatable bonds is 5. The molecule has 0 radical (unpaired) electrons. The zero-order chi connectivity index (χ0) is 11.3. The van der Waals surface area contributed by atoms with E-state index in [-0.39, 0.29) is 0 Å². The van der Waals surface area contributed by atoms with Crippen LogP contribution >= 0.6 is 23.4 Å². The lowest BCUT2D eigenvalue weighted by Gasteiger charge is -2.12. The van der Waals surface area contributed by atoms with Gasteiger partial charge in [0.05, 0.1) is 5.02 Å². The Labute approximate surface area is 102 Å². The Bertz CT molecular complexity index is 314. The summed E-state index contributed by atoms with van der Waals surface area (Å²) in [7, 11) is 1.97. The van der Waals surface area contributed by atoms with Crippen LogP contribution in [0.25, 0.3) is 0 Å². The molecule has 1 aromatic carbocycles. The molecule has 1 atom stereocenters. The first kappa shape index (κ1) is 12.9. The van der Waals surface area contributed by atoms with E-state index in [1.165, 1.54) is 10.5 Å². The summed E-state index contributed by atoms with van der Waals surface area (Å²) in [6.07, 6.45) is 0. The molecule has 0 heterocycles. The Morgan fingerprint density at radius 2 is 2.20 bits per heavy atom. The summed E-state index contributed by atoms with van der Waals surface area (Å²) in [4.78, 5) is 1.18. The summed E-state index contributed by atoms with van der Waals surface area (Å²) in [5.41, 5.74) is 1.30. The Kier molecular flexibility index (Phi) is 5.51. The minimum atomic E-state index is 0.508. The lowest BCUT2D eigenvalue weighted by atomic mass is 10.0. The van der Waals surface area contributed by atoms with Gasteiger partial charge in [-0.3, -0.25) is 0 Å². The lowest BCUT2D eigenvalue weighted by molar-refractivity contribution is 0.677. The molecule has 0 saturated carbocycles. The van der Waals surface area contributed by atoms with Crippen LogP contribution in [0.4, 0.5) is 0 Å². The van der Waals surface area contributed by atoms with Crippen molar-refractivity contribution in [1.82, 2.24) is 5.32 Å². The zero-order valence-corrected chi connectivity index (χ0v) is 11.1. The molecule has 0 spiro atoms. The van der Waals surface area contributed by atoms with Crippen molar-refractivity contribution in [2.45, 2.75) is 24.7 Å². The first-order valence-corrected chi connectivity index (χ1v) is 6.62. The van der Waals surface area contributed by atoms with Gasteiger partial charge in [-0.25, -0.2) is 0 Å². The highest BCUT2D eigenvalue weighted by Gasteiger charge is 2.07. The highest BCUT2D eigenvalue weighted by molar-refractivity contribution is 7.99. The van der Waals surface area contributed by atoms with E-state index in [1.54, 1.807) is 11.8 Å². The second-order valence-corrected chi connectivity index (χ2v) is 5.29. The molecular weight excluding hydrogens is 226 g/mol. The quantitative estimate of drug-likeness (QED) is 0.790. The maximum Gasteiger partial charge on any atom is 0.0544 e. The molecule has 84 valence electrons. The van der Waals surface area contributed by atoms with Crippen molar-refractivity contribution in [3.63, 3.8) is 0 Å². The van der Waals surface area contributed by atoms with Gasteiger partial charge in [-0.05, 0) is 36.4 Å². The monoisotopic (exact) mass is 243 g/mol. The number of halogens is 1. The van der Waals surface area contributed by atoms with Crippen molar-refractivity contribution < 1.29 is 0 Å². The highest BCUT2D eigenvalue weighted by atomic mass is 35.5. The van der Waals surface area contributed by atoms with E-state index < -0.39 is 0 Å². The second-order valence-electron chi connectivity index (χ2n) is 3.58. The van der Waals surface area contributed by atoms with Crippen molar-refractivity contribution in [3.8, 4) is 0 Å². The predicted octanol–water partition coefficient (Wildman–Crippen LogP) is 3.77. The van der Waals surface area contributed by atoms with Gasteiger partial charge in [0.2, 0.25) is 0 Å². The molecule has 1 nitrogen and oxygen atoms in total. The van der Waals surface area contributed by atoms with Crippen LogP contribution in [0.5, 0.6) is 0 Å².